The molecule has 1 unspecified atom stereocenters. The van der Waals surface area contributed by atoms with Crippen molar-refractivity contribution in [3.8, 4) is 0 Å². The van der Waals surface area contributed by atoms with Gasteiger partial charge < -0.3 is 10.3 Å². The minimum atomic E-state index is -3.57. The Bertz CT molecular complexity index is 723. The van der Waals surface area contributed by atoms with E-state index in [1.165, 1.54) is 0 Å². The van der Waals surface area contributed by atoms with Crippen LogP contribution in [0.15, 0.2) is 45.9 Å². The quantitative estimate of drug-likeness (QED) is 0.846. The summed E-state index contributed by atoms with van der Waals surface area (Å²) in [7, 11) is -1.79. The Labute approximate surface area is 133 Å². The van der Waals surface area contributed by atoms with Crippen LogP contribution in [0.5, 0.6) is 0 Å². The number of nitrogens with two attached hydrogens (primary N) is 1. The maximum absolute atomic E-state index is 12.4. The molecule has 0 aliphatic heterocycles. The fraction of sp³-hybridized carbons (Fsp3) is 0.286. The number of nitrogens with one attached hydrogen (secondary N) is 1. The van der Waals surface area contributed by atoms with Gasteiger partial charge in [0.25, 0.3) is 0 Å². The average Bonchev–Trinajstić information content (AvgIpc) is 2.81. The van der Waals surface area contributed by atoms with Crippen molar-refractivity contribution in [3.63, 3.8) is 0 Å². The van der Waals surface area contributed by atoms with Crippen molar-refractivity contribution in [1.29, 1.82) is 0 Å². The number of sulfonamides is 1. The van der Waals surface area contributed by atoms with Crippen LogP contribution in [0.3, 0.4) is 0 Å². The van der Waals surface area contributed by atoms with Gasteiger partial charge in [-0.05, 0) is 30.7 Å². The average molecular weight is 372 g/mol. The van der Waals surface area contributed by atoms with Gasteiger partial charge in [-0.15, -0.1) is 0 Å². The van der Waals surface area contributed by atoms with Crippen molar-refractivity contribution in [3.05, 3.63) is 52.3 Å². The Kier molecular flexibility index (Phi) is 4.88. The first kappa shape index (κ1) is 16.2. The third-order valence-corrected chi connectivity index (χ3v) is 5.34. The molecule has 3 N–H and O–H groups in total. The summed E-state index contributed by atoms with van der Waals surface area (Å²) in [4.78, 5) is 0.231. The summed E-state index contributed by atoms with van der Waals surface area (Å²) in [6, 6.07) is 8.81. The predicted molar refractivity (Wildman–Crippen MR) is 86.2 cm³/mol. The van der Waals surface area contributed by atoms with Crippen LogP contribution in [0.4, 0.5) is 0 Å². The Morgan fingerprint density at radius 2 is 1.95 bits per heavy atom. The topological polar surface area (TPSA) is 77.1 Å². The number of aryl methyl sites for hydroxylation is 1. The standard InChI is InChI=1S/C14H18BrN3O2S/c1-10(11-3-5-12(15)6-4-11)17-21(19,20)14-7-13(8-16)18(2)9-14/h3-7,9-10,17H,8,16H2,1-2H3. The van der Waals surface area contributed by atoms with Gasteiger partial charge >= 0.3 is 0 Å². The first-order valence-corrected chi connectivity index (χ1v) is 8.74. The van der Waals surface area contributed by atoms with Crippen LogP contribution < -0.4 is 10.5 Å². The molecule has 0 spiro atoms. The summed E-state index contributed by atoms with van der Waals surface area (Å²) < 4.78 is 30.1. The van der Waals surface area contributed by atoms with E-state index in [1.54, 1.807) is 23.9 Å². The summed E-state index contributed by atoms with van der Waals surface area (Å²) in [5.74, 6) is 0. The number of aromatic nitrogens is 1. The highest BCUT2D eigenvalue weighted by atomic mass is 79.9. The van der Waals surface area contributed by atoms with Gasteiger partial charge in [0.2, 0.25) is 10.0 Å². The maximum atomic E-state index is 12.4. The van der Waals surface area contributed by atoms with Gasteiger partial charge in [0.05, 0.1) is 4.90 Å². The zero-order valence-electron chi connectivity index (χ0n) is 11.9. The minimum Gasteiger partial charge on any atom is -0.352 e. The molecule has 21 heavy (non-hydrogen) atoms. The van der Waals surface area contributed by atoms with Gasteiger partial charge in [0.1, 0.15) is 0 Å². The third-order valence-electron chi connectivity index (χ3n) is 3.30. The molecule has 0 radical (unpaired) electrons. The molecule has 1 atom stereocenters. The SMILES string of the molecule is CC(NS(=O)(=O)c1cc(CN)n(C)c1)c1ccc(Br)cc1. The summed E-state index contributed by atoms with van der Waals surface area (Å²) in [6.45, 7) is 2.11. The molecule has 0 fully saturated rings. The Morgan fingerprint density at radius 3 is 2.48 bits per heavy atom. The van der Waals surface area contributed by atoms with Crippen molar-refractivity contribution in [2.24, 2.45) is 12.8 Å². The number of rotatable bonds is 5. The number of hydrogen-bond acceptors (Lipinski definition) is 3. The first-order valence-electron chi connectivity index (χ1n) is 6.46. The Hall–Kier alpha value is -1.15. The molecule has 1 aromatic carbocycles. The highest BCUT2D eigenvalue weighted by Gasteiger charge is 2.20. The molecule has 7 heteroatoms. The fourth-order valence-electron chi connectivity index (χ4n) is 2.05. The van der Waals surface area contributed by atoms with E-state index in [4.69, 9.17) is 5.73 Å². The third kappa shape index (κ3) is 3.74. The summed E-state index contributed by atoms with van der Waals surface area (Å²) in [6.07, 6.45) is 1.57. The summed E-state index contributed by atoms with van der Waals surface area (Å²) >= 11 is 3.36. The van der Waals surface area contributed by atoms with Crippen LogP contribution in [-0.2, 0) is 23.6 Å². The van der Waals surface area contributed by atoms with Crippen LogP contribution in [0.2, 0.25) is 0 Å². The van der Waals surface area contributed by atoms with Gasteiger partial charge in [-0.25, -0.2) is 13.1 Å². The van der Waals surface area contributed by atoms with Gasteiger partial charge in [-0.2, -0.15) is 0 Å². The van der Waals surface area contributed by atoms with E-state index in [0.29, 0.717) is 6.54 Å². The molecule has 2 aromatic rings. The van der Waals surface area contributed by atoms with Crippen LogP contribution in [0.1, 0.15) is 24.2 Å². The molecule has 0 amide bonds. The van der Waals surface area contributed by atoms with E-state index >= 15 is 0 Å². The Morgan fingerprint density at radius 1 is 1.33 bits per heavy atom. The van der Waals surface area contributed by atoms with Gasteiger partial charge in [-0.3, -0.25) is 0 Å². The molecule has 114 valence electrons. The molecule has 1 heterocycles. The zero-order chi connectivity index (χ0) is 15.6. The highest BCUT2D eigenvalue weighted by molar-refractivity contribution is 9.10. The lowest BCUT2D eigenvalue weighted by molar-refractivity contribution is 0.567. The normalized spacial score (nSPS) is 13.3. The second-order valence-corrected chi connectivity index (χ2v) is 7.51. The van der Waals surface area contributed by atoms with Crippen LogP contribution >= 0.6 is 15.9 Å². The summed E-state index contributed by atoms with van der Waals surface area (Å²) in [5.41, 5.74) is 7.24. The fourth-order valence-corrected chi connectivity index (χ4v) is 3.64. The molecule has 0 aliphatic rings. The van der Waals surface area contributed by atoms with Crippen molar-refractivity contribution < 1.29 is 8.42 Å². The molecule has 5 nitrogen and oxygen atoms in total. The van der Waals surface area contributed by atoms with E-state index in [-0.39, 0.29) is 10.9 Å². The summed E-state index contributed by atoms with van der Waals surface area (Å²) in [5, 5.41) is 0. The lowest BCUT2D eigenvalue weighted by Crippen LogP contribution is -2.26. The van der Waals surface area contributed by atoms with E-state index in [0.717, 1.165) is 15.7 Å². The molecule has 0 aliphatic carbocycles. The molecule has 0 bridgehead atoms. The van der Waals surface area contributed by atoms with E-state index < -0.39 is 10.0 Å². The molecule has 2 rings (SSSR count). The molecule has 0 saturated carbocycles. The first-order chi connectivity index (χ1) is 9.83. The Balaban J connectivity index is 2.22. The largest absolute Gasteiger partial charge is 0.352 e. The van der Waals surface area contributed by atoms with Crippen molar-refractivity contribution in [2.75, 3.05) is 0 Å². The van der Waals surface area contributed by atoms with Crippen molar-refractivity contribution >= 4 is 26.0 Å². The minimum absolute atomic E-state index is 0.231. The number of nitrogens with zero attached hydrogens (tertiary/aromatic N) is 1. The predicted octanol–water partition coefficient (Wildman–Crippen LogP) is 2.29. The highest BCUT2D eigenvalue weighted by Crippen LogP contribution is 2.20. The molecular weight excluding hydrogens is 354 g/mol. The zero-order valence-corrected chi connectivity index (χ0v) is 14.3. The molecular formula is C14H18BrN3O2S. The van der Waals surface area contributed by atoms with Crippen LogP contribution in [0, 0.1) is 0 Å². The van der Waals surface area contributed by atoms with E-state index in [2.05, 4.69) is 20.7 Å². The van der Waals surface area contributed by atoms with Crippen molar-refractivity contribution in [2.45, 2.75) is 24.4 Å². The second kappa shape index (κ2) is 6.31. The second-order valence-electron chi connectivity index (χ2n) is 4.88. The van der Waals surface area contributed by atoms with Crippen LogP contribution in [0.25, 0.3) is 0 Å². The monoisotopic (exact) mass is 371 g/mol. The van der Waals surface area contributed by atoms with Crippen molar-refractivity contribution in [1.82, 2.24) is 9.29 Å². The number of benzene rings is 1. The smallest absolute Gasteiger partial charge is 0.242 e. The number of hydrogen-bond donors (Lipinski definition) is 2. The van der Waals surface area contributed by atoms with Gasteiger partial charge in [0.15, 0.2) is 0 Å². The lowest BCUT2D eigenvalue weighted by Gasteiger charge is -2.14. The van der Waals surface area contributed by atoms with E-state index in [9.17, 15) is 8.42 Å². The van der Waals surface area contributed by atoms with Crippen LogP contribution in [-0.4, -0.2) is 13.0 Å². The molecule has 1 aromatic heterocycles. The maximum Gasteiger partial charge on any atom is 0.242 e. The molecule has 0 saturated heterocycles. The van der Waals surface area contributed by atoms with Gasteiger partial charge in [0, 0.05) is 36.0 Å². The van der Waals surface area contributed by atoms with Gasteiger partial charge in [-0.1, -0.05) is 28.1 Å². The van der Waals surface area contributed by atoms with E-state index in [1.807, 2.05) is 31.2 Å². The number of halogens is 1. The lowest BCUT2D eigenvalue weighted by atomic mass is 10.1.